The monoisotopic (exact) mass is 220 g/mol. The second-order valence-corrected chi connectivity index (χ2v) is 3.81. The van der Waals surface area contributed by atoms with Crippen LogP contribution in [-0.2, 0) is 6.42 Å². The van der Waals surface area contributed by atoms with Crippen molar-refractivity contribution in [1.29, 1.82) is 5.26 Å². The molecule has 0 saturated carbocycles. The van der Waals surface area contributed by atoms with Gasteiger partial charge in [0.15, 0.2) is 0 Å². The highest BCUT2D eigenvalue weighted by molar-refractivity contribution is 6.32. The molecule has 1 heterocycles. The van der Waals surface area contributed by atoms with E-state index in [9.17, 15) is 4.79 Å². The van der Waals surface area contributed by atoms with Crippen LogP contribution in [0.15, 0.2) is 18.2 Å². The molecule has 3 nitrogen and oxygen atoms in total. The van der Waals surface area contributed by atoms with Crippen molar-refractivity contribution in [3.8, 4) is 6.07 Å². The molecule has 4 heteroatoms. The molecule has 76 valence electrons. The van der Waals surface area contributed by atoms with E-state index in [1.807, 2.05) is 6.07 Å². The lowest BCUT2D eigenvalue weighted by molar-refractivity contribution is 0.0761. The number of rotatable bonds is 1. The lowest BCUT2D eigenvalue weighted by Crippen LogP contribution is -2.37. The fourth-order valence-electron chi connectivity index (χ4n) is 1.77. The quantitative estimate of drug-likeness (QED) is 0.678. The number of halogens is 1. The van der Waals surface area contributed by atoms with Gasteiger partial charge in [-0.1, -0.05) is 17.7 Å². The van der Waals surface area contributed by atoms with Crippen LogP contribution in [0, 0.1) is 11.3 Å². The highest BCUT2D eigenvalue weighted by Crippen LogP contribution is 2.25. The van der Waals surface area contributed by atoms with Gasteiger partial charge in [0.05, 0.1) is 6.07 Å². The van der Waals surface area contributed by atoms with Crippen molar-refractivity contribution >= 4 is 17.5 Å². The van der Waals surface area contributed by atoms with Crippen molar-refractivity contribution in [3.63, 3.8) is 0 Å². The summed E-state index contributed by atoms with van der Waals surface area (Å²) >= 11 is 6.00. The third-order valence-electron chi connectivity index (χ3n) is 2.53. The van der Waals surface area contributed by atoms with Gasteiger partial charge in [-0.3, -0.25) is 4.79 Å². The summed E-state index contributed by atoms with van der Waals surface area (Å²) in [7, 11) is 0. The van der Waals surface area contributed by atoms with Crippen LogP contribution >= 0.6 is 11.6 Å². The molecule has 0 saturated heterocycles. The molecule has 15 heavy (non-hydrogen) atoms. The standard InChI is InChI=1S/C11H9ClN2O/c12-10-3-1-2-9-8(10)4-6-14(7-5-13)11(9)15/h1-3H,4,6-7H2. The van der Waals surface area contributed by atoms with Crippen LogP contribution in [0.25, 0.3) is 0 Å². The minimum absolute atomic E-state index is 0.0969. The summed E-state index contributed by atoms with van der Waals surface area (Å²) in [4.78, 5) is 13.4. The van der Waals surface area contributed by atoms with Crippen LogP contribution in [0.2, 0.25) is 5.02 Å². The number of carbonyl (C=O) groups is 1. The number of amides is 1. The van der Waals surface area contributed by atoms with E-state index < -0.39 is 0 Å². The summed E-state index contributed by atoms with van der Waals surface area (Å²) in [5.41, 5.74) is 1.53. The normalized spacial score (nSPS) is 14.7. The van der Waals surface area contributed by atoms with Crippen molar-refractivity contribution < 1.29 is 4.79 Å². The van der Waals surface area contributed by atoms with E-state index in [0.717, 1.165) is 12.0 Å². The number of hydrogen-bond acceptors (Lipinski definition) is 2. The minimum Gasteiger partial charge on any atom is -0.325 e. The van der Waals surface area contributed by atoms with Crippen LogP contribution in [0.5, 0.6) is 0 Å². The smallest absolute Gasteiger partial charge is 0.255 e. The number of carbonyl (C=O) groups excluding carboxylic acids is 1. The van der Waals surface area contributed by atoms with Crippen molar-refractivity contribution in [2.45, 2.75) is 6.42 Å². The van der Waals surface area contributed by atoms with E-state index in [0.29, 0.717) is 17.1 Å². The Morgan fingerprint density at radius 1 is 1.53 bits per heavy atom. The van der Waals surface area contributed by atoms with Gasteiger partial charge in [-0.25, -0.2) is 0 Å². The van der Waals surface area contributed by atoms with E-state index in [1.54, 1.807) is 23.1 Å². The van der Waals surface area contributed by atoms with Gasteiger partial charge >= 0.3 is 0 Å². The molecule has 0 N–H and O–H groups in total. The first kappa shape index (κ1) is 10.0. The van der Waals surface area contributed by atoms with Crippen LogP contribution in [0.1, 0.15) is 15.9 Å². The molecule has 1 aliphatic heterocycles. The number of benzene rings is 1. The van der Waals surface area contributed by atoms with Gasteiger partial charge in [-0.05, 0) is 24.1 Å². The zero-order valence-electron chi connectivity index (χ0n) is 8.03. The molecular weight excluding hydrogens is 212 g/mol. The maximum atomic E-state index is 11.9. The van der Waals surface area contributed by atoms with Crippen molar-refractivity contribution in [3.05, 3.63) is 34.3 Å². The zero-order valence-corrected chi connectivity index (χ0v) is 8.79. The number of nitriles is 1. The molecule has 0 fully saturated rings. The minimum atomic E-state index is -0.0969. The fraction of sp³-hybridized carbons (Fsp3) is 0.273. The Labute approximate surface area is 92.9 Å². The average Bonchev–Trinajstić information content (AvgIpc) is 2.23. The Balaban J connectivity index is 2.39. The molecule has 0 aromatic heterocycles. The van der Waals surface area contributed by atoms with Gasteiger partial charge in [0.2, 0.25) is 0 Å². The summed E-state index contributed by atoms with van der Waals surface area (Å²) in [5.74, 6) is -0.0969. The van der Waals surface area contributed by atoms with Gasteiger partial charge in [-0.2, -0.15) is 5.26 Å². The summed E-state index contributed by atoms with van der Waals surface area (Å²) in [6.07, 6.45) is 0.725. The van der Waals surface area contributed by atoms with E-state index in [2.05, 4.69) is 0 Å². The lowest BCUT2D eigenvalue weighted by atomic mass is 9.99. The molecule has 1 aliphatic rings. The van der Waals surface area contributed by atoms with Crippen LogP contribution in [0.3, 0.4) is 0 Å². The van der Waals surface area contributed by atoms with Gasteiger partial charge in [0, 0.05) is 17.1 Å². The predicted molar refractivity (Wildman–Crippen MR) is 56.7 cm³/mol. The summed E-state index contributed by atoms with van der Waals surface area (Å²) in [6.45, 7) is 0.716. The number of hydrogen-bond donors (Lipinski definition) is 0. The second-order valence-electron chi connectivity index (χ2n) is 3.40. The second kappa shape index (κ2) is 3.92. The largest absolute Gasteiger partial charge is 0.325 e. The molecular formula is C11H9ClN2O. The predicted octanol–water partition coefficient (Wildman–Crippen LogP) is 1.86. The highest BCUT2D eigenvalue weighted by atomic mass is 35.5. The maximum Gasteiger partial charge on any atom is 0.255 e. The van der Waals surface area contributed by atoms with Crippen molar-refractivity contribution in [2.24, 2.45) is 0 Å². The Morgan fingerprint density at radius 3 is 3.07 bits per heavy atom. The molecule has 2 rings (SSSR count). The van der Waals surface area contributed by atoms with Crippen molar-refractivity contribution in [1.82, 2.24) is 4.90 Å². The topological polar surface area (TPSA) is 44.1 Å². The van der Waals surface area contributed by atoms with Crippen LogP contribution < -0.4 is 0 Å². The van der Waals surface area contributed by atoms with Gasteiger partial charge in [0.1, 0.15) is 6.54 Å². The Hall–Kier alpha value is -1.53. The van der Waals surface area contributed by atoms with Gasteiger partial charge in [0.25, 0.3) is 5.91 Å². The van der Waals surface area contributed by atoms with Gasteiger partial charge in [-0.15, -0.1) is 0 Å². The molecule has 0 spiro atoms. The first-order chi connectivity index (χ1) is 7.24. The molecule has 1 amide bonds. The molecule has 0 radical (unpaired) electrons. The highest BCUT2D eigenvalue weighted by Gasteiger charge is 2.24. The maximum absolute atomic E-state index is 11.9. The fourth-order valence-corrected chi connectivity index (χ4v) is 2.04. The van der Waals surface area contributed by atoms with Crippen LogP contribution in [-0.4, -0.2) is 23.9 Å². The lowest BCUT2D eigenvalue weighted by Gasteiger charge is -2.26. The SMILES string of the molecule is N#CCN1CCc2c(Cl)cccc2C1=O. The van der Waals surface area contributed by atoms with Crippen molar-refractivity contribution in [2.75, 3.05) is 13.1 Å². The molecule has 0 aliphatic carbocycles. The summed E-state index contributed by atoms with van der Waals surface area (Å²) in [6, 6.07) is 7.29. The molecule has 1 aromatic carbocycles. The Kier molecular flexibility index (Phi) is 2.61. The molecule has 1 aromatic rings. The Bertz CT molecular complexity index is 450. The van der Waals surface area contributed by atoms with Gasteiger partial charge < -0.3 is 4.90 Å². The summed E-state index contributed by atoms with van der Waals surface area (Å²) < 4.78 is 0. The number of nitrogens with zero attached hydrogens (tertiary/aromatic N) is 2. The first-order valence-electron chi connectivity index (χ1n) is 4.67. The third kappa shape index (κ3) is 1.69. The van der Waals surface area contributed by atoms with E-state index >= 15 is 0 Å². The zero-order chi connectivity index (χ0) is 10.8. The van der Waals surface area contributed by atoms with E-state index in [1.165, 1.54) is 0 Å². The van der Waals surface area contributed by atoms with E-state index in [-0.39, 0.29) is 12.5 Å². The third-order valence-corrected chi connectivity index (χ3v) is 2.88. The average molecular weight is 221 g/mol. The Morgan fingerprint density at radius 2 is 2.33 bits per heavy atom. The molecule has 0 bridgehead atoms. The first-order valence-corrected chi connectivity index (χ1v) is 5.05. The summed E-state index contributed by atoms with van der Waals surface area (Å²) in [5, 5.41) is 9.21. The van der Waals surface area contributed by atoms with E-state index in [4.69, 9.17) is 16.9 Å². The van der Waals surface area contributed by atoms with Crippen LogP contribution in [0.4, 0.5) is 0 Å². The molecule has 0 atom stereocenters. The number of fused-ring (bicyclic) bond motifs is 1. The molecule has 0 unspecified atom stereocenters.